The van der Waals surface area contributed by atoms with Gasteiger partial charge in [-0.25, -0.2) is 0 Å². The molecule has 3 rings (SSSR count). The van der Waals surface area contributed by atoms with Crippen LogP contribution in [0.5, 0.6) is 0 Å². The molecule has 1 heterocycles. The highest BCUT2D eigenvalue weighted by molar-refractivity contribution is 6.13. The van der Waals surface area contributed by atoms with E-state index < -0.39 is 5.41 Å². The van der Waals surface area contributed by atoms with Gasteiger partial charge in [-0.15, -0.1) is 0 Å². The van der Waals surface area contributed by atoms with Crippen LogP contribution in [0.15, 0.2) is 47.1 Å². The Morgan fingerprint density at radius 2 is 1.64 bits per heavy atom. The van der Waals surface area contributed by atoms with E-state index >= 15 is 0 Å². The van der Waals surface area contributed by atoms with Crippen LogP contribution in [-0.2, 0) is 20.9 Å². The number of hydrogen-bond acceptors (Lipinski definition) is 4. The summed E-state index contributed by atoms with van der Waals surface area (Å²) in [6.07, 6.45) is 2.57. The van der Waals surface area contributed by atoms with Gasteiger partial charge in [0.1, 0.15) is 11.2 Å². The second kappa shape index (κ2) is 6.80. The van der Waals surface area contributed by atoms with Crippen molar-refractivity contribution in [2.24, 2.45) is 5.41 Å². The third kappa shape index (κ3) is 3.88. The topological polar surface area (TPSA) is 100 Å². The minimum absolute atomic E-state index is 0.165. The zero-order valence-electron chi connectivity index (χ0n) is 13.8. The van der Waals surface area contributed by atoms with E-state index in [2.05, 4.69) is 16.0 Å². The quantitative estimate of drug-likeness (QED) is 0.702. The standard InChI is InChI=1S/C18H19N3O4/c1-12(22)20-13-4-6-14(7-5-13)21-17(24)18(8-9-18)16(23)19-11-15-3-2-10-25-15/h2-7,10H,8-9,11H2,1H3,(H,19,23)(H,20,22)(H,21,24). The summed E-state index contributed by atoms with van der Waals surface area (Å²) < 4.78 is 5.17. The number of nitrogens with one attached hydrogen (secondary N) is 3. The lowest BCUT2D eigenvalue weighted by Gasteiger charge is -2.15. The molecular formula is C18H19N3O4. The fraction of sp³-hybridized carbons (Fsp3) is 0.278. The molecule has 0 atom stereocenters. The molecule has 0 unspecified atom stereocenters. The number of carbonyl (C=O) groups is 3. The Morgan fingerprint density at radius 3 is 2.16 bits per heavy atom. The van der Waals surface area contributed by atoms with Crippen molar-refractivity contribution in [3.63, 3.8) is 0 Å². The first-order valence-corrected chi connectivity index (χ1v) is 7.99. The molecular weight excluding hydrogens is 322 g/mol. The molecule has 0 saturated heterocycles. The molecule has 130 valence electrons. The van der Waals surface area contributed by atoms with Gasteiger partial charge in [0.05, 0.1) is 12.8 Å². The lowest BCUT2D eigenvalue weighted by atomic mass is 10.0. The predicted molar refractivity (Wildman–Crippen MR) is 91.6 cm³/mol. The molecule has 1 aromatic carbocycles. The third-order valence-corrected chi connectivity index (χ3v) is 4.09. The number of amides is 3. The minimum atomic E-state index is -1.01. The van der Waals surface area contributed by atoms with Crippen LogP contribution in [0.1, 0.15) is 25.5 Å². The monoisotopic (exact) mass is 341 g/mol. The molecule has 1 aliphatic rings. The van der Waals surface area contributed by atoms with Gasteiger partial charge in [-0.05, 0) is 49.2 Å². The predicted octanol–water partition coefficient (Wildman–Crippen LogP) is 2.27. The van der Waals surface area contributed by atoms with E-state index in [9.17, 15) is 14.4 Å². The van der Waals surface area contributed by atoms with Gasteiger partial charge >= 0.3 is 0 Å². The Bertz CT molecular complexity index is 777. The molecule has 1 fully saturated rings. The van der Waals surface area contributed by atoms with Crippen molar-refractivity contribution in [2.75, 3.05) is 10.6 Å². The second-order valence-electron chi connectivity index (χ2n) is 6.06. The normalized spacial score (nSPS) is 14.4. The SMILES string of the molecule is CC(=O)Nc1ccc(NC(=O)C2(C(=O)NCc3ccco3)CC2)cc1. The van der Waals surface area contributed by atoms with Gasteiger partial charge in [0, 0.05) is 18.3 Å². The van der Waals surface area contributed by atoms with Crippen molar-refractivity contribution in [2.45, 2.75) is 26.3 Å². The molecule has 0 radical (unpaired) electrons. The highest BCUT2D eigenvalue weighted by Crippen LogP contribution is 2.46. The van der Waals surface area contributed by atoms with Crippen LogP contribution in [0.25, 0.3) is 0 Å². The summed E-state index contributed by atoms with van der Waals surface area (Å²) in [4.78, 5) is 35.9. The van der Waals surface area contributed by atoms with Crippen molar-refractivity contribution in [3.05, 3.63) is 48.4 Å². The van der Waals surface area contributed by atoms with Crippen LogP contribution in [0.3, 0.4) is 0 Å². The van der Waals surface area contributed by atoms with E-state index in [1.165, 1.54) is 13.2 Å². The first-order chi connectivity index (χ1) is 12.0. The fourth-order valence-corrected chi connectivity index (χ4v) is 2.52. The van der Waals surface area contributed by atoms with Crippen LogP contribution in [0, 0.1) is 5.41 Å². The molecule has 1 aliphatic carbocycles. The molecule has 0 aliphatic heterocycles. The van der Waals surface area contributed by atoms with E-state index in [4.69, 9.17) is 4.42 Å². The molecule has 0 spiro atoms. The Hall–Kier alpha value is -3.09. The fourth-order valence-electron chi connectivity index (χ4n) is 2.52. The number of rotatable bonds is 6. The molecule has 1 saturated carbocycles. The van der Waals surface area contributed by atoms with E-state index in [0.29, 0.717) is 30.0 Å². The van der Waals surface area contributed by atoms with Gasteiger partial charge < -0.3 is 20.4 Å². The van der Waals surface area contributed by atoms with Crippen LogP contribution in [0.4, 0.5) is 11.4 Å². The first kappa shape index (κ1) is 16.8. The van der Waals surface area contributed by atoms with Crippen LogP contribution >= 0.6 is 0 Å². The number of hydrogen-bond donors (Lipinski definition) is 3. The average molecular weight is 341 g/mol. The number of carbonyl (C=O) groups excluding carboxylic acids is 3. The molecule has 7 nitrogen and oxygen atoms in total. The van der Waals surface area contributed by atoms with E-state index in [0.717, 1.165) is 0 Å². The zero-order chi connectivity index (χ0) is 17.9. The Morgan fingerprint density at radius 1 is 1.00 bits per heavy atom. The first-order valence-electron chi connectivity index (χ1n) is 7.99. The second-order valence-corrected chi connectivity index (χ2v) is 6.06. The molecule has 3 amide bonds. The average Bonchev–Trinajstić information content (AvgIpc) is 3.24. The van der Waals surface area contributed by atoms with Gasteiger partial charge in [-0.3, -0.25) is 14.4 Å². The zero-order valence-corrected chi connectivity index (χ0v) is 13.8. The summed E-state index contributed by atoms with van der Waals surface area (Å²) in [5.41, 5.74) is 0.204. The van der Waals surface area contributed by atoms with Crippen LogP contribution in [-0.4, -0.2) is 17.7 Å². The molecule has 25 heavy (non-hydrogen) atoms. The molecule has 2 aromatic rings. The number of benzene rings is 1. The Labute approximate surface area is 144 Å². The van der Waals surface area contributed by atoms with E-state index in [1.807, 2.05) is 0 Å². The number of anilines is 2. The molecule has 0 bridgehead atoms. The maximum Gasteiger partial charge on any atom is 0.240 e. The van der Waals surface area contributed by atoms with Crippen molar-refractivity contribution < 1.29 is 18.8 Å². The molecule has 1 aromatic heterocycles. The maximum atomic E-state index is 12.5. The molecule has 7 heteroatoms. The summed E-state index contributed by atoms with van der Waals surface area (Å²) >= 11 is 0. The van der Waals surface area contributed by atoms with Crippen LogP contribution in [0.2, 0.25) is 0 Å². The van der Waals surface area contributed by atoms with E-state index in [1.54, 1.807) is 36.4 Å². The summed E-state index contributed by atoms with van der Waals surface area (Å²) in [5, 5.41) is 8.16. The maximum absolute atomic E-state index is 12.5. The van der Waals surface area contributed by atoms with Crippen molar-refractivity contribution in [1.29, 1.82) is 0 Å². The highest BCUT2D eigenvalue weighted by atomic mass is 16.3. The highest BCUT2D eigenvalue weighted by Gasteiger charge is 2.56. The van der Waals surface area contributed by atoms with Crippen LogP contribution < -0.4 is 16.0 Å². The van der Waals surface area contributed by atoms with Gasteiger partial charge in [-0.1, -0.05) is 0 Å². The summed E-state index contributed by atoms with van der Waals surface area (Å²) in [5.74, 6) is -0.145. The van der Waals surface area contributed by atoms with Gasteiger partial charge in [0.25, 0.3) is 0 Å². The third-order valence-electron chi connectivity index (χ3n) is 4.09. The summed E-state index contributed by atoms with van der Waals surface area (Å²) in [6.45, 7) is 1.68. The lowest BCUT2D eigenvalue weighted by molar-refractivity contribution is -0.134. The van der Waals surface area contributed by atoms with Crippen molar-refractivity contribution in [1.82, 2.24) is 5.32 Å². The Balaban J connectivity index is 1.58. The lowest BCUT2D eigenvalue weighted by Crippen LogP contribution is -2.39. The van der Waals surface area contributed by atoms with Gasteiger partial charge in [0.15, 0.2) is 0 Å². The number of furan rings is 1. The van der Waals surface area contributed by atoms with Gasteiger partial charge in [0.2, 0.25) is 17.7 Å². The van der Waals surface area contributed by atoms with Crippen molar-refractivity contribution >= 4 is 29.1 Å². The minimum Gasteiger partial charge on any atom is -0.467 e. The summed E-state index contributed by atoms with van der Waals surface area (Å²) in [6, 6.07) is 10.2. The van der Waals surface area contributed by atoms with Gasteiger partial charge in [-0.2, -0.15) is 0 Å². The van der Waals surface area contributed by atoms with E-state index in [-0.39, 0.29) is 24.3 Å². The largest absolute Gasteiger partial charge is 0.467 e. The smallest absolute Gasteiger partial charge is 0.240 e. The van der Waals surface area contributed by atoms with Crippen molar-refractivity contribution in [3.8, 4) is 0 Å². The Kier molecular flexibility index (Phi) is 4.56. The summed E-state index contributed by atoms with van der Waals surface area (Å²) in [7, 11) is 0. The molecule has 3 N–H and O–H groups in total.